The maximum Gasteiger partial charge on any atom is 0.338 e. The summed E-state index contributed by atoms with van der Waals surface area (Å²) in [6.07, 6.45) is 2.42. The number of carbonyl (C=O) groups is 1. The lowest BCUT2D eigenvalue weighted by Crippen LogP contribution is -2.14. The van der Waals surface area contributed by atoms with Gasteiger partial charge in [-0.2, -0.15) is 5.10 Å². The van der Waals surface area contributed by atoms with Crippen LogP contribution < -0.4 is 10.3 Å². The van der Waals surface area contributed by atoms with Crippen LogP contribution in [0.4, 0.5) is 0 Å². The molecule has 0 aliphatic carbocycles. The molecule has 2 heterocycles. The summed E-state index contributed by atoms with van der Waals surface area (Å²) in [5.41, 5.74) is 0.961. The number of aromatic carboxylic acids is 1. The summed E-state index contributed by atoms with van der Waals surface area (Å²) in [7, 11) is 0. The van der Waals surface area contributed by atoms with Crippen molar-refractivity contribution >= 4 is 28.5 Å². The summed E-state index contributed by atoms with van der Waals surface area (Å²) in [4.78, 5) is 30.4. The molecule has 0 aliphatic heterocycles. The molecule has 4 rings (SSSR count). The van der Waals surface area contributed by atoms with Crippen LogP contribution in [0.15, 0.2) is 53.6 Å². The monoisotopic (exact) mass is 396 g/mol. The van der Waals surface area contributed by atoms with Crippen LogP contribution >= 0.6 is 11.6 Å². The number of ether oxygens (including phenoxy) is 1. The minimum atomic E-state index is -1.13. The number of hydrogen-bond acceptors (Lipinski definition) is 5. The number of carboxylic acids is 1. The average Bonchev–Trinajstić information content (AvgIpc) is 3.15. The van der Waals surface area contributed by atoms with Crippen LogP contribution in [0.3, 0.4) is 0 Å². The van der Waals surface area contributed by atoms with Gasteiger partial charge in [0.05, 0.1) is 27.7 Å². The van der Waals surface area contributed by atoms with Crippen LogP contribution in [-0.2, 0) is 0 Å². The smallest absolute Gasteiger partial charge is 0.338 e. The number of carboxylic acid groups (broad SMARTS) is 1. The third-order valence-electron chi connectivity index (χ3n) is 4.04. The molecule has 0 unspecified atom stereocenters. The molecule has 9 heteroatoms. The first-order valence-corrected chi connectivity index (χ1v) is 8.55. The summed E-state index contributed by atoms with van der Waals surface area (Å²) >= 11 is 6.30. The van der Waals surface area contributed by atoms with Gasteiger partial charge in [-0.05, 0) is 31.2 Å². The van der Waals surface area contributed by atoms with Gasteiger partial charge in [-0.15, -0.1) is 0 Å². The molecule has 4 aromatic rings. The zero-order valence-electron chi connectivity index (χ0n) is 14.5. The Morgan fingerprint density at radius 2 is 2.00 bits per heavy atom. The second kappa shape index (κ2) is 6.82. The third-order valence-corrected chi connectivity index (χ3v) is 4.34. The van der Waals surface area contributed by atoms with Crippen LogP contribution in [0.2, 0.25) is 5.02 Å². The topological polar surface area (TPSA) is 110 Å². The summed E-state index contributed by atoms with van der Waals surface area (Å²) in [5, 5.41) is 13.5. The molecule has 2 aromatic carbocycles. The van der Waals surface area contributed by atoms with Gasteiger partial charge in [0, 0.05) is 6.20 Å². The van der Waals surface area contributed by atoms with E-state index in [2.05, 4.69) is 15.1 Å². The number of aromatic amines is 1. The Balaban J connectivity index is 1.76. The second-order valence-electron chi connectivity index (χ2n) is 6.08. The fourth-order valence-corrected chi connectivity index (χ4v) is 2.79. The van der Waals surface area contributed by atoms with Gasteiger partial charge in [-0.3, -0.25) is 9.78 Å². The molecule has 0 amide bonds. The largest absolute Gasteiger partial charge is 0.478 e. The van der Waals surface area contributed by atoms with Crippen LogP contribution in [-0.4, -0.2) is 30.8 Å². The third kappa shape index (κ3) is 3.33. The highest BCUT2D eigenvalue weighted by molar-refractivity contribution is 6.32. The number of aromatic nitrogens is 4. The number of benzene rings is 2. The van der Waals surface area contributed by atoms with Gasteiger partial charge in [-0.1, -0.05) is 29.3 Å². The molecule has 8 nitrogen and oxygen atoms in total. The molecule has 0 bridgehead atoms. The predicted octanol–water partition coefficient (Wildman–Crippen LogP) is 3.56. The van der Waals surface area contributed by atoms with Crippen LogP contribution in [0.25, 0.3) is 16.9 Å². The summed E-state index contributed by atoms with van der Waals surface area (Å²) in [5.74, 6) is -0.139. The first kappa shape index (κ1) is 17.7. The molecule has 0 spiro atoms. The molecule has 140 valence electrons. The normalized spacial score (nSPS) is 10.9. The molecule has 0 fully saturated rings. The van der Waals surface area contributed by atoms with Crippen LogP contribution in [0, 0.1) is 6.92 Å². The van der Waals surface area contributed by atoms with Crippen molar-refractivity contribution in [2.75, 3.05) is 0 Å². The van der Waals surface area contributed by atoms with E-state index in [0.717, 1.165) is 11.8 Å². The van der Waals surface area contributed by atoms with Gasteiger partial charge in [-0.25, -0.2) is 14.5 Å². The first-order chi connectivity index (χ1) is 13.4. The molecule has 2 aromatic heterocycles. The molecule has 2 N–H and O–H groups in total. The van der Waals surface area contributed by atoms with Crippen molar-refractivity contribution in [1.29, 1.82) is 0 Å². The van der Waals surface area contributed by atoms with E-state index in [0.29, 0.717) is 17.0 Å². The number of halogens is 1. The van der Waals surface area contributed by atoms with E-state index < -0.39 is 11.5 Å². The standard InChI is InChI=1S/C19H13ClN4O4/c1-10-2-4-12(5-3-10)28-16-6-13-15(7-14(16)20)22-19(23-17(13)25)24-9-11(8-21-24)18(26)27/h2-9H,1H3,(H,26,27)(H,22,23,25). The van der Waals surface area contributed by atoms with E-state index in [-0.39, 0.29) is 21.9 Å². The molecule has 0 atom stereocenters. The number of aryl methyl sites for hydroxylation is 1. The first-order valence-electron chi connectivity index (χ1n) is 8.17. The van der Waals surface area contributed by atoms with E-state index in [4.69, 9.17) is 21.4 Å². The van der Waals surface area contributed by atoms with E-state index in [1.54, 1.807) is 12.1 Å². The SMILES string of the molecule is Cc1ccc(Oc2cc3c(=O)[nH]c(-n4cc(C(=O)O)cn4)nc3cc2Cl)cc1. The van der Waals surface area contributed by atoms with E-state index >= 15 is 0 Å². The second-order valence-corrected chi connectivity index (χ2v) is 6.49. The highest BCUT2D eigenvalue weighted by atomic mass is 35.5. The molecule has 0 radical (unpaired) electrons. The lowest BCUT2D eigenvalue weighted by Gasteiger charge is -2.09. The molecule has 0 saturated carbocycles. The molecule has 0 saturated heterocycles. The van der Waals surface area contributed by atoms with Crippen molar-refractivity contribution in [2.45, 2.75) is 6.92 Å². The Bertz CT molecular complexity index is 1260. The zero-order valence-corrected chi connectivity index (χ0v) is 15.3. The van der Waals surface area contributed by atoms with Crippen molar-refractivity contribution in [3.05, 3.63) is 75.3 Å². The maximum atomic E-state index is 12.5. The van der Waals surface area contributed by atoms with Crippen molar-refractivity contribution in [3.63, 3.8) is 0 Å². The fraction of sp³-hybridized carbons (Fsp3) is 0.0526. The van der Waals surface area contributed by atoms with Crippen LogP contribution in [0.5, 0.6) is 11.5 Å². The van der Waals surface area contributed by atoms with E-state index in [1.807, 2.05) is 19.1 Å². The number of H-pyrrole nitrogens is 1. The minimum absolute atomic E-state index is 0.0253. The number of rotatable bonds is 4. The summed E-state index contributed by atoms with van der Waals surface area (Å²) in [6.45, 7) is 1.97. The zero-order chi connectivity index (χ0) is 19.8. The Hall–Kier alpha value is -3.65. The maximum absolute atomic E-state index is 12.5. The summed E-state index contributed by atoms with van der Waals surface area (Å²) < 4.78 is 6.95. The van der Waals surface area contributed by atoms with Crippen molar-refractivity contribution in [2.24, 2.45) is 0 Å². The van der Waals surface area contributed by atoms with Gasteiger partial charge < -0.3 is 9.84 Å². The van der Waals surface area contributed by atoms with Crippen molar-refractivity contribution in [1.82, 2.24) is 19.7 Å². The highest BCUT2D eigenvalue weighted by Crippen LogP contribution is 2.32. The Labute approximate surface area is 163 Å². The van der Waals surface area contributed by atoms with Gasteiger partial charge in [0.1, 0.15) is 11.5 Å². The molecule has 28 heavy (non-hydrogen) atoms. The van der Waals surface area contributed by atoms with Gasteiger partial charge >= 0.3 is 5.97 Å². The van der Waals surface area contributed by atoms with Crippen LogP contribution in [0.1, 0.15) is 15.9 Å². The molecular weight excluding hydrogens is 384 g/mol. The van der Waals surface area contributed by atoms with Gasteiger partial charge in [0.25, 0.3) is 5.56 Å². The number of fused-ring (bicyclic) bond motifs is 1. The summed E-state index contributed by atoms with van der Waals surface area (Å²) in [6, 6.07) is 10.4. The van der Waals surface area contributed by atoms with Crippen molar-refractivity contribution < 1.29 is 14.6 Å². The van der Waals surface area contributed by atoms with Gasteiger partial charge in [0.2, 0.25) is 5.95 Å². The highest BCUT2D eigenvalue weighted by Gasteiger charge is 2.13. The Morgan fingerprint density at radius 1 is 1.25 bits per heavy atom. The number of nitrogens with zero attached hydrogens (tertiary/aromatic N) is 3. The lowest BCUT2D eigenvalue weighted by molar-refractivity contribution is 0.0697. The number of nitrogens with one attached hydrogen (secondary N) is 1. The van der Waals surface area contributed by atoms with Crippen molar-refractivity contribution in [3.8, 4) is 17.4 Å². The van der Waals surface area contributed by atoms with E-state index in [9.17, 15) is 9.59 Å². The predicted molar refractivity (Wildman–Crippen MR) is 103 cm³/mol. The quantitative estimate of drug-likeness (QED) is 0.545. The van der Waals surface area contributed by atoms with E-state index in [1.165, 1.54) is 23.0 Å². The lowest BCUT2D eigenvalue weighted by atomic mass is 10.2. The molecular formula is C19H13ClN4O4. The average molecular weight is 397 g/mol. The molecule has 0 aliphatic rings. The fourth-order valence-electron chi connectivity index (χ4n) is 2.60. The van der Waals surface area contributed by atoms with Gasteiger partial charge in [0.15, 0.2) is 0 Å². The Kier molecular flexibility index (Phi) is 4.32. The number of hydrogen-bond donors (Lipinski definition) is 2. The minimum Gasteiger partial charge on any atom is -0.478 e. The Morgan fingerprint density at radius 3 is 2.68 bits per heavy atom.